The first-order valence-electron chi connectivity index (χ1n) is 4.23. The fourth-order valence-electron chi connectivity index (χ4n) is 0.797. The number of hydrogen-bond donors (Lipinski definition) is 0. The SMILES string of the molecule is C=CC/C(=C/N=NC)C(=C)OC(=C)C. The smallest absolute Gasteiger partial charge is 0.124 e. The summed E-state index contributed by atoms with van der Waals surface area (Å²) in [5.41, 5.74) is 0.841. The highest BCUT2D eigenvalue weighted by Gasteiger charge is 2.02. The summed E-state index contributed by atoms with van der Waals surface area (Å²) in [4.78, 5) is 0. The molecular weight excluding hydrogens is 176 g/mol. The maximum atomic E-state index is 5.26. The molecule has 0 aliphatic heterocycles. The van der Waals surface area contributed by atoms with Crippen molar-refractivity contribution in [2.45, 2.75) is 13.3 Å². The summed E-state index contributed by atoms with van der Waals surface area (Å²) < 4.78 is 5.26. The first kappa shape index (κ1) is 12.4. The molecule has 0 N–H and O–H groups in total. The van der Waals surface area contributed by atoms with Gasteiger partial charge in [0.15, 0.2) is 0 Å². The Morgan fingerprint density at radius 3 is 2.50 bits per heavy atom. The van der Waals surface area contributed by atoms with E-state index in [2.05, 4.69) is 30.0 Å². The highest BCUT2D eigenvalue weighted by Crippen LogP contribution is 2.16. The molecule has 0 radical (unpaired) electrons. The maximum absolute atomic E-state index is 5.26. The Morgan fingerprint density at radius 1 is 1.43 bits per heavy atom. The third-order valence-electron chi connectivity index (χ3n) is 1.35. The van der Waals surface area contributed by atoms with E-state index in [-0.39, 0.29) is 0 Å². The molecule has 0 unspecified atom stereocenters. The molecule has 0 atom stereocenters. The van der Waals surface area contributed by atoms with Crippen molar-refractivity contribution < 1.29 is 4.74 Å². The fraction of sp³-hybridized carbons (Fsp3) is 0.273. The van der Waals surface area contributed by atoms with E-state index in [9.17, 15) is 0 Å². The van der Waals surface area contributed by atoms with Gasteiger partial charge < -0.3 is 4.74 Å². The van der Waals surface area contributed by atoms with Crippen molar-refractivity contribution in [3.8, 4) is 0 Å². The Bertz CT molecular complexity index is 288. The number of ether oxygens (including phenoxy) is 1. The van der Waals surface area contributed by atoms with Gasteiger partial charge in [0.05, 0.1) is 12.0 Å². The van der Waals surface area contributed by atoms with E-state index in [0.29, 0.717) is 17.9 Å². The quantitative estimate of drug-likeness (QED) is 0.274. The molecular formula is C11H16N2O. The van der Waals surface area contributed by atoms with Crippen molar-refractivity contribution in [1.29, 1.82) is 0 Å². The lowest BCUT2D eigenvalue weighted by Crippen LogP contribution is -1.92. The molecule has 0 bridgehead atoms. The highest BCUT2D eigenvalue weighted by molar-refractivity contribution is 5.25. The van der Waals surface area contributed by atoms with Gasteiger partial charge in [-0.25, -0.2) is 0 Å². The van der Waals surface area contributed by atoms with Crippen LogP contribution in [0.4, 0.5) is 0 Å². The second-order valence-electron chi connectivity index (χ2n) is 2.69. The number of rotatable bonds is 6. The van der Waals surface area contributed by atoms with Crippen LogP contribution in [0, 0.1) is 0 Å². The van der Waals surface area contributed by atoms with Crippen molar-refractivity contribution in [3.05, 3.63) is 49.1 Å². The molecule has 0 aromatic heterocycles. The molecule has 0 saturated carbocycles. The van der Waals surface area contributed by atoms with E-state index in [1.54, 1.807) is 26.2 Å². The van der Waals surface area contributed by atoms with Crippen molar-refractivity contribution in [2.24, 2.45) is 10.2 Å². The summed E-state index contributed by atoms with van der Waals surface area (Å²) >= 11 is 0. The molecule has 0 heterocycles. The lowest BCUT2D eigenvalue weighted by atomic mass is 10.2. The molecule has 0 amide bonds. The molecule has 0 spiro atoms. The summed E-state index contributed by atoms with van der Waals surface area (Å²) in [6.45, 7) is 12.8. The van der Waals surface area contributed by atoms with Crippen molar-refractivity contribution in [1.82, 2.24) is 0 Å². The Kier molecular flexibility index (Phi) is 6.03. The highest BCUT2D eigenvalue weighted by atomic mass is 16.5. The van der Waals surface area contributed by atoms with Gasteiger partial charge in [0.1, 0.15) is 5.76 Å². The molecule has 3 heteroatoms. The van der Waals surface area contributed by atoms with Crippen LogP contribution in [0.25, 0.3) is 0 Å². The van der Waals surface area contributed by atoms with Gasteiger partial charge in [-0.05, 0) is 13.3 Å². The minimum atomic E-state index is 0.532. The molecule has 0 aromatic rings. The maximum Gasteiger partial charge on any atom is 0.124 e. The largest absolute Gasteiger partial charge is 0.463 e. The molecule has 0 aromatic carbocycles. The van der Waals surface area contributed by atoms with Crippen molar-refractivity contribution in [2.75, 3.05) is 7.05 Å². The average Bonchev–Trinajstić information content (AvgIpc) is 2.10. The van der Waals surface area contributed by atoms with Crippen LogP contribution in [0.1, 0.15) is 13.3 Å². The predicted octanol–water partition coefficient (Wildman–Crippen LogP) is 3.59. The second-order valence-corrected chi connectivity index (χ2v) is 2.69. The standard InChI is InChI=1S/C11H16N2O/c1-6-7-11(8-13-12-5)10(4)14-9(2)3/h6,8H,1-2,4,7H2,3,5H3/b11-8-,13-12?. The van der Waals surface area contributed by atoms with Crippen LogP contribution in [-0.4, -0.2) is 7.05 Å². The van der Waals surface area contributed by atoms with Gasteiger partial charge in [-0.15, -0.1) is 6.58 Å². The molecule has 0 fully saturated rings. The zero-order chi connectivity index (χ0) is 11.0. The van der Waals surface area contributed by atoms with Gasteiger partial charge in [0.2, 0.25) is 0 Å². The fourth-order valence-corrected chi connectivity index (χ4v) is 0.797. The van der Waals surface area contributed by atoms with E-state index >= 15 is 0 Å². The molecule has 14 heavy (non-hydrogen) atoms. The van der Waals surface area contributed by atoms with E-state index < -0.39 is 0 Å². The third-order valence-corrected chi connectivity index (χ3v) is 1.35. The van der Waals surface area contributed by atoms with Crippen molar-refractivity contribution >= 4 is 0 Å². The topological polar surface area (TPSA) is 34.0 Å². The van der Waals surface area contributed by atoms with Crippen LogP contribution in [0.3, 0.4) is 0 Å². The molecule has 0 rings (SSSR count). The first-order chi connectivity index (χ1) is 6.61. The van der Waals surface area contributed by atoms with Gasteiger partial charge in [-0.1, -0.05) is 19.2 Å². The molecule has 0 aliphatic carbocycles. The van der Waals surface area contributed by atoms with Gasteiger partial charge in [-0.2, -0.15) is 10.2 Å². The summed E-state index contributed by atoms with van der Waals surface area (Å²) in [6, 6.07) is 0. The van der Waals surface area contributed by atoms with Gasteiger partial charge in [-0.3, -0.25) is 0 Å². The van der Waals surface area contributed by atoms with Crippen LogP contribution in [0.15, 0.2) is 59.3 Å². The van der Waals surface area contributed by atoms with Gasteiger partial charge in [0, 0.05) is 12.6 Å². The lowest BCUT2D eigenvalue weighted by molar-refractivity contribution is 0.319. The Labute approximate surface area is 85.2 Å². The van der Waals surface area contributed by atoms with E-state index in [1.165, 1.54) is 0 Å². The first-order valence-corrected chi connectivity index (χ1v) is 4.23. The van der Waals surface area contributed by atoms with Crippen LogP contribution in [0.2, 0.25) is 0 Å². The minimum Gasteiger partial charge on any atom is -0.463 e. The second kappa shape index (κ2) is 6.83. The number of hydrogen-bond acceptors (Lipinski definition) is 3. The summed E-state index contributed by atoms with van der Waals surface area (Å²) in [6.07, 6.45) is 4.00. The summed E-state index contributed by atoms with van der Waals surface area (Å²) in [7, 11) is 1.60. The van der Waals surface area contributed by atoms with E-state index in [1.807, 2.05) is 0 Å². The minimum absolute atomic E-state index is 0.532. The van der Waals surface area contributed by atoms with Crippen LogP contribution in [0.5, 0.6) is 0 Å². The Morgan fingerprint density at radius 2 is 2.07 bits per heavy atom. The Balaban J connectivity index is 4.55. The lowest BCUT2D eigenvalue weighted by Gasteiger charge is -2.09. The van der Waals surface area contributed by atoms with E-state index in [4.69, 9.17) is 4.74 Å². The predicted molar refractivity (Wildman–Crippen MR) is 58.7 cm³/mol. The zero-order valence-electron chi connectivity index (χ0n) is 8.79. The summed E-state index contributed by atoms with van der Waals surface area (Å²) in [5, 5.41) is 7.38. The number of nitrogens with zero attached hydrogens (tertiary/aromatic N) is 2. The molecule has 76 valence electrons. The Hall–Kier alpha value is -1.64. The van der Waals surface area contributed by atoms with E-state index in [0.717, 1.165) is 5.57 Å². The molecule has 0 aliphatic rings. The summed E-state index contributed by atoms with van der Waals surface area (Å²) in [5.74, 6) is 1.13. The molecule has 0 saturated heterocycles. The monoisotopic (exact) mass is 192 g/mol. The number of azo groups is 1. The normalized spacial score (nSPS) is 11.4. The number of allylic oxidation sites excluding steroid dienone is 3. The van der Waals surface area contributed by atoms with Crippen LogP contribution >= 0.6 is 0 Å². The average molecular weight is 192 g/mol. The third kappa shape index (κ3) is 5.09. The van der Waals surface area contributed by atoms with Gasteiger partial charge in [0.25, 0.3) is 0 Å². The zero-order valence-corrected chi connectivity index (χ0v) is 8.79. The molecule has 3 nitrogen and oxygen atoms in total. The van der Waals surface area contributed by atoms with Crippen LogP contribution in [-0.2, 0) is 4.74 Å². The van der Waals surface area contributed by atoms with Gasteiger partial charge >= 0.3 is 0 Å². The van der Waals surface area contributed by atoms with Crippen LogP contribution < -0.4 is 0 Å². The van der Waals surface area contributed by atoms with Crippen molar-refractivity contribution in [3.63, 3.8) is 0 Å².